The van der Waals surface area contributed by atoms with Gasteiger partial charge in [-0.15, -0.1) is 11.3 Å². The fourth-order valence-electron chi connectivity index (χ4n) is 2.88. The van der Waals surface area contributed by atoms with Crippen molar-refractivity contribution < 1.29 is 19.1 Å². The normalized spacial score (nSPS) is 11.0. The first kappa shape index (κ1) is 20.9. The van der Waals surface area contributed by atoms with Crippen molar-refractivity contribution in [3.05, 3.63) is 81.3 Å². The van der Waals surface area contributed by atoms with Crippen LogP contribution in [0.5, 0.6) is 0 Å². The second-order valence-corrected chi connectivity index (χ2v) is 8.41. The Kier molecular flexibility index (Phi) is 6.19. The van der Waals surface area contributed by atoms with E-state index >= 15 is 0 Å². The second-order valence-electron chi connectivity index (χ2n) is 6.55. The molecule has 0 unspecified atom stereocenters. The van der Waals surface area contributed by atoms with Gasteiger partial charge in [-0.3, -0.25) is 14.2 Å². The number of aromatic nitrogens is 2. The third-order valence-corrected chi connectivity index (χ3v) is 6.30. The molecule has 1 N–H and O–H groups in total. The highest BCUT2D eigenvalue weighted by Gasteiger charge is 2.15. The molecule has 3 aromatic heterocycles. The number of carbonyl (C=O) groups is 2. The summed E-state index contributed by atoms with van der Waals surface area (Å²) in [4.78, 5) is 40.8. The monoisotopic (exact) mass is 454 g/mol. The Morgan fingerprint density at radius 1 is 1.19 bits per heavy atom. The van der Waals surface area contributed by atoms with Gasteiger partial charge in [0.2, 0.25) is 5.91 Å². The van der Waals surface area contributed by atoms with Gasteiger partial charge in [0.05, 0.1) is 36.6 Å². The molecule has 0 aliphatic rings. The molecule has 1 aromatic carbocycles. The zero-order valence-electron chi connectivity index (χ0n) is 16.1. The van der Waals surface area contributed by atoms with Crippen LogP contribution in [0.3, 0.4) is 0 Å². The molecule has 0 bridgehead atoms. The lowest BCUT2D eigenvalue weighted by atomic mass is 10.1. The highest BCUT2D eigenvalue weighted by molar-refractivity contribution is 7.99. The number of nitrogens with zero attached hydrogens (tertiary/aromatic N) is 2. The van der Waals surface area contributed by atoms with E-state index in [1.807, 2.05) is 0 Å². The third-order valence-electron chi connectivity index (χ3n) is 4.43. The second kappa shape index (κ2) is 9.19. The number of fused-ring (bicyclic) bond motifs is 1. The van der Waals surface area contributed by atoms with E-state index in [-0.39, 0.29) is 35.9 Å². The zero-order valence-corrected chi connectivity index (χ0v) is 17.7. The minimum absolute atomic E-state index is 0.0609. The van der Waals surface area contributed by atoms with Gasteiger partial charge in [0.25, 0.3) is 5.56 Å². The number of aromatic carboxylic acids is 1. The molecule has 158 valence electrons. The van der Waals surface area contributed by atoms with Gasteiger partial charge in [-0.05, 0) is 34.7 Å². The number of nitrogens with one attached hydrogen (secondary N) is 1. The number of hydrogen-bond donors (Lipinski definition) is 1. The number of rotatable bonds is 8. The molecule has 0 saturated heterocycles. The van der Waals surface area contributed by atoms with Crippen molar-refractivity contribution in [3.63, 3.8) is 0 Å². The van der Waals surface area contributed by atoms with E-state index in [1.165, 1.54) is 34.3 Å². The van der Waals surface area contributed by atoms with Crippen LogP contribution >= 0.6 is 23.1 Å². The number of thioether (sulfide) groups is 1. The van der Waals surface area contributed by atoms with Gasteiger partial charge in [0.15, 0.2) is 5.16 Å². The first-order valence-corrected chi connectivity index (χ1v) is 11.1. The maximum atomic E-state index is 13.0. The summed E-state index contributed by atoms with van der Waals surface area (Å²) in [5.41, 5.74) is 1.17. The Balaban J connectivity index is 1.54. The zero-order chi connectivity index (χ0) is 21.8. The van der Waals surface area contributed by atoms with Crippen molar-refractivity contribution in [2.24, 2.45) is 0 Å². The van der Waals surface area contributed by atoms with Crippen molar-refractivity contribution in [1.82, 2.24) is 14.9 Å². The summed E-state index contributed by atoms with van der Waals surface area (Å²) < 4.78 is 7.21. The van der Waals surface area contributed by atoms with Crippen LogP contribution in [0, 0.1) is 0 Å². The molecular weight excluding hydrogens is 438 g/mol. The minimum Gasteiger partial charge on any atom is -0.545 e. The van der Waals surface area contributed by atoms with Crippen molar-refractivity contribution in [1.29, 1.82) is 0 Å². The van der Waals surface area contributed by atoms with Crippen LogP contribution in [0.25, 0.3) is 10.2 Å². The van der Waals surface area contributed by atoms with Crippen molar-refractivity contribution in [3.8, 4) is 0 Å². The average molecular weight is 455 g/mol. The van der Waals surface area contributed by atoms with Crippen LogP contribution in [0.1, 0.15) is 21.7 Å². The highest BCUT2D eigenvalue weighted by Crippen LogP contribution is 2.22. The summed E-state index contributed by atoms with van der Waals surface area (Å²) >= 11 is 2.47. The van der Waals surface area contributed by atoms with Crippen molar-refractivity contribution in [2.45, 2.75) is 18.2 Å². The van der Waals surface area contributed by atoms with E-state index in [2.05, 4.69) is 10.3 Å². The highest BCUT2D eigenvalue weighted by atomic mass is 32.2. The standard InChI is InChI=1S/C21H17N3O5S2/c25-17(22-10-15-2-1-8-29-15)12-31-21-23-16-7-9-30-18(16)19(26)24(21)11-13-3-5-14(6-4-13)20(27)28/h1-9H,10-12H2,(H,22,25)(H,27,28)/p-1. The van der Waals surface area contributed by atoms with Gasteiger partial charge < -0.3 is 19.6 Å². The first-order valence-electron chi connectivity index (χ1n) is 9.21. The molecule has 0 saturated carbocycles. The van der Waals surface area contributed by atoms with E-state index in [1.54, 1.807) is 35.7 Å². The van der Waals surface area contributed by atoms with Crippen molar-refractivity contribution >= 4 is 45.2 Å². The Hall–Kier alpha value is -3.37. The van der Waals surface area contributed by atoms with E-state index in [4.69, 9.17) is 4.42 Å². The summed E-state index contributed by atoms with van der Waals surface area (Å²) in [5, 5.41) is 15.9. The van der Waals surface area contributed by atoms with Gasteiger partial charge in [-0.1, -0.05) is 36.0 Å². The van der Waals surface area contributed by atoms with Gasteiger partial charge in [0.1, 0.15) is 10.5 Å². The molecule has 8 nitrogen and oxygen atoms in total. The van der Waals surface area contributed by atoms with Crippen LogP contribution in [0.4, 0.5) is 0 Å². The number of carbonyl (C=O) groups excluding carboxylic acids is 2. The van der Waals surface area contributed by atoms with E-state index in [0.29, 0.717) is 21.1 Å². The average Bonchev–Trinajstić information content (AvgIpc) is 3.45. The molecule has 0 fully saturated rings. The molecule has 31 heavy (non-hydrogen) atoms. The number of carboxylic acids is 1. The molecule has 0 aliphatic carbocycles. The number of amides is 1. The largest absolute Gasteiger partial charge is 0.545 e. The van der Waals surface area contributed by atoms with Crippen LogP contribution in [-0.4, -0.2) is 27.2 Å². The third kappa shape index (κ3) is 4.86. The molecule has 4 aromatic rings. The Morgan fingerprint density at radius 3 is 2.71 bits per heavy atom. The summed E-state index contributed by atoms with van der Waals surface area (Å²) in [6, 6.07) is 11.4. The number of furan rings is 1. The van der Waals surface area contributed by atoms with Gasteiger partial charge >= 0.3 is 0 Å². The van der Waals surface area contributed by atoms with Crippen LogP contribution < -0.4 is 16.0 Å². The lowest BCUT2D eigenvalue weighted by molar-refractivity contribution is -0.255. The Morgan fingerprint density at radius 2 is 2.00 bits per heavy atom. The molecule has 3 heterocycles. The maximum Gasteiger partial charge on any atom is 0.272 e. The molecule has 0 spiro atoms. The topological polar surface area (TPSA) is 117 Å². The molecule has 0 atom stereocenters. The van der Waals surface area contributed by atoms with Gasteiger partial charge in [-0.25, -0.2) is 4.98 Å². The molecule has 10 heteroatoms. The van der Waals surface area contributed by atoms with Gasteiger partial charge in [-0.2, -0.15) is 0 Å². The van der Waals surface area contributed by atoms with Crippen LogP contribution in [-0.2, 0) is 17.9 Å². The maximum absolute atomic E-state index is 13.0. The molecule has 0 radical (unpaired) electrons. The smallest absolute Gasteiger partial charge is 0.272 e. The summed E-state index contributed by atoms with van der Waals surface area (Å²) in [6.07, 6.45) is 1.54. The summed E-state index contributed by atoms with van der Waals surface area (Å²) in [5.74, 6) is -0.756. The predicted molar refractivity (Wildman–Crippen MR) is 115 cm³/mol. The SMILES string of the molecule is O=C(CSc1nc2ccsc2c(=O)n1Cc1ccc(C(=O)[O-])cc1)NCc1ccco1. The molecule has 4 rings (SSSR count). The number of carboxylic acid groups (broad SMARTS) is 1. The lowest BCUT2D eigenvalue weighted by Crippen LogP contribution is -2.26. The van der Waals surface area contributed by atoms with Crippen LogP contribution in [0.15, 0.2) is 68.5 Å². The fraction of sp³-hybridized carbons (Fsp3) is 0.143. The predicted octanol–water partition coefficient (Wildman–Crippen LogP) is 1.87. The first-order chi connectivity index (χ1) is 15.0. The lowest BCUT2D eigenvalue weighted by Gasteiger charge is -2.13. The molecule has 1 amide bonds. The summed E-state index contributed by atoms with van der Waals surface area (Å²) in [7, 11) is 0. The van der Waals surface area contributed by atoms with E-state index in [0.717, 1.165) is 17.3 Å². The number of thiophene rings is 1. The summed E-state index contributed by atoms with van der Waals surface area (Å²) in [6.45, 7) is 0.477. The Labute approximate surface area is 184 Å². The van der Waals surface area contributed by atoms with Crippen LogP contribution in [0.2, 0.25) is 0 Å². The van der Waals surface area contributed by atoms with Crippen molar-refractivity contribution in [2.75, 3.05) is 5.75 Å². The Bertz CT molecular complexity index is 1280. The minimum atomic E-state index is -1.26. The molecular formula is C21H16N3O5S2-. The fourth-order valence-corrected chi connectivity index (χ4v) is 4.49. The van der Waals surface area contributed by atoms with Gasteiger partial charge in [0, 0.05) is 0 Å². The van der Waals surface area contributed by atoms with E-state index < -0.39 is 5.97 Å². The quantitative estimate of drug-likeness (QED) is 0.319. The van der Waals surface area contributed by atoms with E-state index in [9.17, 15) is 19.5 Å². The number of hydrogen-bond acceptors (Lipinski definition) is 8. The molecule has 0 aliphatic heterocycles. The number of benzene rings is 1.